The van der Waals surface area contributed by atoms with Crippen molar-refractivity contribution in [1.82, 2.24) is 4.90 Å². The van der Waals surface area contributed by atoms with Gasteiger partial charge in [-0.05, 0) is 59.7 Å². The number of carbonyl (C=O) groups excluding carboxylic acids is 1. The molecule has 4 nitrogen and oxygen atoms in total. The van der Waals surface area contributed by atoms with Gasteiger partial charge < -0.3 is 27.5 Å². The minimum Gasteiger partial charge on any atom is -0.449 e. The fraction of sp³-hybridized carbons (Fsp3) is 0.323. The predicted molar refractivity (Wildman–Crippen MR) is 150 cm³/mol. The van der Waals surface area contributed by atoms with Crippen LogP contribution in [0.25, 0.3) is 11.1 Å². The lowest BCUT2D eigenvalue weighted by molar-refractivity contribution is 0.0976. The first-order valence-corrected chi connectivity index (χ1v) is 13.3. The van der Waals surface area contributed by atoms with E-state index in [1.165, 1.54) is 11.1 Å². The minimum absolute atomic E-state index is 0.0173. The number of hydrogen-bond acceptors (Lipinski definition) is 3. The Balaban J connectivity index is 1.28. The lowest BCUT2D eigenvalue weighted by Gasteiger charge is -2.38. The molecule has 1 aliphatic carbocycles. The van der Waals surface area contributed by atoms with E-state index in [-0.39, 0.29) is 24.2 Å². The third-order valence-electron chi connectivity index (χ3n) is 8.14. The Bertz CT molecular complexity index is 1420. The molecule has 39 heavy (non-hydrogen) atoms. The standard InChI is InChI=1S/C31H31BF3N2O2/c1-5-23-20(2)28(18-32(33,34)35)22(4)30(21(23)3)36-14-16-37(17-15-36)31(38)39-19-29-26-12-8-6-10-24(26)25-11-7-9-13-27(25)29/h1,6-13,29H,14-19H2,2-4H3/q-1. The Kier molecular flexibility index (Phi) is 7.11. The summed E-state index contributed by atoms with van der Waals surface area (Å²) >= 11 is 0. The zero-order valence-corrected chi connectivity index (χ0v) is 22.4. The van der Waals surface area contributed by atoms with E-state index >= 15 is 0 Å². The first-order chi connectivity index (χ1) is 18.6. The number of ether oxygens (including phenoxy) is 1. The zero-order chi connectivity index (χ0) is 27.9. The number of benzene rings is 3. The molecule has 0 bridgehead atoms. The molecular weight excluding hydrogens is 500 g/mol. The van der Waals surface area contributed by atoms with Gasteiger partial charge in [0, 0.05) is 43.3 Å². The van der Waals surface area contributed by atoms with Gasteiger partial charge in [0.15, 0.2) is 0 Å². The van der Waals surface area contributed by atoms with E-state index in [2.05, 4.69) is 30.2 Å². The van der Waals surface area contributed by atoms with Crippen LogP contribution in [0, 0.1) is 33.1 Å². The van der Waals surface area contributed by atoms with E-state index in [4.69, 9.17) is 11.2 Å². The Morgan fingerprint density at radius 1 is 0.923 bits per heavy atom. The molecule has 0 aromatic heterocycles. The van der Waals surface area contributed by atoms with Crippen molar-refractivity contribution < 1.29 is 22.5 Å². The minimum atomic E-state index is -5.01. The molecular formula is C31H31BF3N2O2-. The SMILES string of the molecule is C#Cc1c(C)c(C[B-](F)(F)F)c(C)c(N2CCN(C(=O)OCC3c4ccccc4-c4ccccc43)CC2)c1C. The van der Waals surface area contributed by atoms with Crippen LogP contribution in [0.3, 0.4) is 0 Å². The van der Waals surface area contributed by atoms with E-state index in [0.29, 0.717) is 42.9 Å². The molecule has 1 aliphatic heterocycles. The average molecular weight is 531 g/mol. The van der Waals surface area contributed by atoms with Gasteiger partial charge >= 0.3 is 13.1 Å². The van der Waals surface area contributed by atoms with Gasteiger partial charge in [0.1, 0.15) is 6.61 Å². The topological polar surface area (TPSA) is 32.8 Å². The van der Waals surface area contributed by atoms with Gasteiger partial charge in [0.25, 0.3) is 0 Å². The Morgan fingerprint density at radius 3 is 2.03 bits per heavy atom. The number of piperazine rings is 1. The summed E-state index contributed by atoms with van der Waals surface area (Å²) in [5, 5.41) is 0. The normalized spacial score (nSPS) is 15.1. The molecule has 0 atom stereocenters. The van der Waals surface area contributed by atoms with E-state index < -0.39 is 13.3 Å². The number of carbonyl (C=O) groups is 1. The van der Waals surface area contributed by atoms with Crippen LogP contribution in [0.1, 0.15) is 44.9 Å². The van der Waals surface area contributed by atoms with Crippen LogP contribution in [0.2, 0.25) is 0 Å². The van der Waals surface area contributed by atoms with Gasteiger partial charge in [-0.3, -0.25) is 0 Å². The molecule has 5 rings (SSSR count). The van der Waals surface area contributed by atoms with Crippen LogP contribution in [0.5, 0.6) is 0 Å². The number of anilines is 1. The van der Waals surface area contributed by atoms with Gasteiger partial charge in [-0.1, -0.05) is 66.3 Å². The number of halogens is 3. The lowest BCUT2D eigenvalue weighted by Crippen LogP contribution is -2.49. The lowest BCUT2D eigenvalue weighted by atomic mass is 9.76. The Morgan fingerprint density at radius 2 is 1.49 bits per heavy atom. The van der Waals surface area contributed by atoms with Crippen LogP contribution in [-0.4, -0.2) is 50.8 Å². The van der Waals surface area contributed by atoms with Gasteiger partial charge in [0.05, 0.1) is 0 Å². The van der Waals surface area contributed by atoms with Crippen LogP contribution in [0.15, 0.2) is 48.5 Å². The molecule has 202 valence electrons. The highest BCUT2D eigenvalue weighted by Gasteiger charge is 2.32. The number of amides is 1. The van der Waals surface area contributed by atoms with Gasteiger partial charge in [0.2, 0.25) is 0 Å². The fourth-order valence-electron chi connectivity index (χ4n) is 6.28. The van der Waals surface area contributed by atoms with E-state index in [9.17, 15) is 17.7 Å². The molecule has 8 heteroatoms. The van der Waals surface area contributed by atoms with Gasteiger partial charge in [-0.25, -0.2) is 4.79 Å². The second kappa shape index (κ2) is 10.4. The van der Waals surface area contributed by atoms with Crippen molar-refractivity contribution in [2.75, 3.05) is 37.7 Å². The molecule has 1 heterocycles. The van der Waals surface area contributed by atoms with E-state index in [1.807, 2.05) is 36.1 Å². The Hall–Kier alpha value is -3.86. The second-order valence-electron chi connectivity index (χ2n) is 10.4. The van der Waals surface area contributed by atoms with Gasteiger partial charge in [-0.15, -0.1) is 6.42 Å². The van der Waals surface area contributed by atoms with Crippen LogP contribution < -0.4 is 4.90 Å². The molecule has 3 aromatic carbocycles. The summed E-state index contributed by atoms with van der Waals surface area (Å²) in [4.78, 5) is 16.8. The molecule has 0 N–H and O–H groups in total. The molecule has 0 spiro atoms. The molecule has 1 saturated heterocycles. The molecule has 1 fully saturated rings. The highest BCUT2D eigenvalue weighted by Crippen LogP contribution is 2.44. The molecule has 2 aliphatic rings. The maximum absolute atomic E-state index is 13.4. The third kappa shape index (κ3) is 4.98. The van der Waals surface area contributed by atoms with Crippen molar-refractivity contribution in [3.8, 4) is 23.5 Å². The van der Waals surface area contributed by atoms with Crippen molar-refractivity contribution >= 4 is 18.8 Å². The van der Waals surface area contributed by atoms with Crippen molar-refractivity contribution in [2.45, 2.75) is 33.0 Å². The van der Waals surface area contributed by atoms with E-state index in [0.717, 1.165) is 22.4 Å². The monoisotopic (exact) mass is 531 g/mol. The summed E-state index contributed by atoms with van der Waals surface area (Å²) in [6.45, 7) is 2.30. The first kappa shape index (κ1) is 26.7. The summed E-state index contributed by atoms with van der Waals surface area (Å²) < 4.78 is 46.1. The number of hydrogen-bond donors (Lipinski definition) is 0. The number of fused-ring (bicyclic) bond motifs is 3. The van der Waals surface area contributed by atoms with E-state index in [1.54, 1.807) is 18.7 Å². The first-order valence-electron chi connectivity index (χ1n) is 13.3. The highest BCUT2D eigenvalue weighted by molar-refractivity contribution is 6.58. The summed E-state index contributed by atoms with van der Waals surface area (Å²) in [5.41, 5.74) is 8.11. The third-order valence-corrected chi connectivity index (χ3v) is 8.14. The highest BCUT2D eigenvalue weighted by atomic mass is 19.4. The number of terminal acetylenes is 1. The Labute approximate surface area is 227 Å². The molecule has 3 aromatic rings. The largest absolute Gasteiger partial charge is 0.482 e. The van der Waals surface area contributed by atoms with Crippen LogP contribution >= 0.6 is 0 Å². The number of rotatable bonds is 5. The van der Waals surface area contributed by atoms with Crippen LogP contribution in [0.4, 0.5) is 23.4 Å². The average Bonchev–Trinajstić information content (AvgIpc) is 3.23. The van der Waals surface area contributed by atoms with Gasteiger partial charge in [-0.2, -0.15) is 0 Å². The maximum atomic E-state index is 13.4. The smallest absolute Gasteiger partial charge is 0.449 e. The molecule has 0 unspecified atom stereocenters. The van der Waals surface area contributed by atoms with Crippen molar-refractivity contribution in [2.24, 2.45) is 0 Å². The van der Waals surface area contributed by atoms with Crippen molar-refractivity contribution in [1.29, 1.82) is 0 Å². The molecule has 0 radical (unpaired) electrons. The molecule has 0 saturated carbocycles. The number of nitrogens with zero attached hydrogens (tertiary/aromatic N) is 2. The predicted octanol–water partition coefficient (Wildman–Crippen LogP) is 6.59. The van der Waals surface area contributed by atoms with Crippen molar-refractivity contribution in [3.05, 3.63) is 87.5 Å². The molecule has 1 amide bonds. The summed E-state index contributed by atoms with van der Waals surface area (Å²) in [5.74, 6) is 2.59. The maximum Gasteiger partial charge on any atom is 0.482 e. The van der Waals surface area contributed by atoms with Crippen molar-refractivity contribution in [3.63, 3.8) is 0 Å². The summed E-state index contributed by atoms with van der Waals surface area (Å²) in [6.07, 6.45) is 4.39. The quantitative estimate of drug-likeness (QED) is 0.275. The second-order valence-corrected chi connectivity index (χ2v) is 10.4. The zero-order valence-electron chi connectivity index (χ0n) is 22.4. The summed E-state index contributed by atoms with van der Waals surface area (Å²) in [6, 6.07) is 16.4. The summed E-state index contributed by atoms with van der Waals surface area (Å²) in [7, 11) is 0. The fourth-order valence-corrected chi connectivity index (χ4v) is 6.28. The van der Waals surface area contributed by atoms with Crippen LogP contribution in [-0.2, 0) is 11.1 Å².